The van der Waals surface area contributed by atoms with Gasteiger partial charge in [0, 0.05) is 19.7 Å². The van der Waals surface area contributed by atoms with Crippen LogP contribution in [0, 0.1) is 23.2 Å². The number of ether oxygens (including phenoxy) is 1. The predicted molar refractivity (Wildman–Crippen MR) is 132 cm³/mol. The molecule has 1 N–H and O–H groups in total. The van der Waals surface area contributed by atoms with E-state index in [0.717, 1.165) is 18.4 Å². The topological polar surface area (TPSA) is 96.4 Å². The monoisotopic (exact) mass is 492 g/mol. The van der Waals surface area contributed by atoms with Crippen molar-refractivity contribution in [1.82, 2.24) is 9.80 Å². The number of hydrogen-bond acceptors (Lipinski definition) is 5. The fourth-order valence-electron chi connectivity index (χ4n) is 5.52. The Hall–Kier alpha value is -2.13. The molecule has 8 nitrogen and oxygen atoms in total. The van der Waals surface area contributed by atoms with Crippen molar-refractivity contribution in [2.45, 2.75) is 65.6 Å². The lowest BCUT2D eigenvalue weighted by Crippen LogP contribution is -2.63. The summed E-state index contributed by atoms with van der Waals surface area (Å²) in [6.45, 7) is 16.2. The highest BCUT2D eigenvalue weighted by Gasteiger charge is 2.59. The van der Waals surface area contributed by atoms with Crippen molar-refractivity contribution < 1.29 is 28.7 Å². The van der Waals surface area contributed by atoms with E-state index >= 15 is 0 Å². The van der Waals surface area contributed by atoms with Gasteiger partial charge in [-0.05, 0) is 61.6 Å². The summed E-state index contributed by atoms with van der Waals surface area (Å²) in [6, 6.07) is -0.0933. The van der Waals surface area contributed by atoms with Crippen LogP contribution in [0.3, 0.4) is 0 Å². The Morgan fingerprint density at radius 3 is 2.62 bits per heavy atom. The molecule has 0 aliphatic carbocycles. The van der Waals surface area contributed by atoms with Gasteiger partial charge in [0.05, 0.1) is 12.0 Å². The van der Waals surface area contributed by atoms with Gasteiger partial charge in [-0.25, -0.2) is 9.59 Å². The van der Waals surface area contributed by atoms with Gasteiger partial charge in [-0.2, -0.15) is 0 Å². The molecule has 0 saturated carbocycles. The number of carbonyl (C=O) groups excluding carboxylic acids is 2. The third-order valence-corrected chi connectivity index (χ3v) is 8.24. The van der Waals surface area contributed by atoms with Crippen molar-refractivity contribution in [2.75, 3.05) is 26.3 Å². The molecule has 0 aromatic rings. The van der Waals surface area contributed by atoms with E-state index in [9.17, 15) is 19.5 Å². The second-order valence-corrected chi connectivity index (χ2v) is 13.6. The lowest BCUT2D eigenvalue weighted by atomic mass is 9.66. The standard InChI is InChI=1S/C25H40N2O6Si/c1-7-12-32-24(31)26-11-10-16(14-26)8-9-17-13-19-20(22(28)27(19)21(17)23(29)30)18(25(2,3)4)15-33-34(5)6/h7,16,18-20,34H,1,8-15H2,2-6H3,(H,29,30)/t16?,18-,19-,20+/m1/s1. The van der Waals surface area contributed by atoms with E-state index in [0.29, 0.717) is 38.5 Å². The molecule has 0 radical (unpaired) electrons. The number of carboxylic acids is 1. The predicted octanol–water partition coefficient (Wildman–Crippen LogP) is 3.64. The summed E-state index contributed by atoms with van der Waals surface area (Å²) in [5.41, 5.74) is 0.918. The van der Waals surface area contributed by atoms with E-state index in [4.69, 9.17) is 9.16 Å². The summed E-state index contributed by atoms with van der Waals surface area (Å²) in [6.07, 6.45) is 4.13. The number of likely N-dealkylation sites (tertiary alicyclic amines) is 1. The van der Waals surface area contributed by atoms with Crippen LogP contribution in [0.4, 0.5) is 4.79 Å². The molecule has 4 atom stereocenters. The molecular weight excluding hydrogens is 452 g/mol. The molecule has 3 aliphatic heterocycles. The Morgan fingerprint density at radius 2 is 2.03 bits per heavy atom. The first-order chi connectivity index (χ1) is 16.0. The maximum Gasteiger partial charge on any atom is 0.410 e. The number of fused-ring (bicyclic) bond motifs is 1. The summed E-state index contributed by atoms with van der Waals surface area (Å²) in [4.78, 5) is 40.7. The molecule has 34 heavy (non-hydrogen) atoms. The fourth-order valence-corrected chi connectivity index (χ4v) is 6.11. The van der Waals surface area contributed by atoms with Crippen LogP contribution in [0.1, 0.15) is 46.5 Å². The van der Waals surface area contributed by atoms with Crippen molar-refractivity contribution in [2.24, 2.45) is 23.2 Å². The minimum absolute atomic E-state index is 0.0514. The Labute approximate surface area is 204 Å². The first-order valence-corrected chi connectivity index (χ1v) is 15.2. The van der Waals surface area contributed by atoms with E-state index in [2.05, 4.69) is 40.4 Å². The van der Waals surface area contributed by atoms with Gasteiger partial charge in [0.2, 0.25) is 5.91 Å². The third kappa shape index (κ3) is 5.57. The summed E-state index contributed by atoms with van der Waals surface area (Å²) in [5, 5.41) is 9.93. The van der Waals surface area contributed by atoms with Crippen LogP contribution in [-0.2, 0) is 18.8 Å². The van der Waals surface area contributed by atoms with Crippen LogP contribution in [0.2, 0.25) is 13.1 Å². The largest absolute Gasteiger partial charge is 0.477 e. The number of carbonyl (C=O) groups is 3. The highest BCUT2D eigenvalue weighted by Crippen LogP contribution is 2.50. The van der Waals surface area contributed by atoms with Crippen LogP contribution in [-0.4, -0.2) is 74.3 Å². The van der Waals surface area contributed by atoms with Gasteiger partial charge < -0.3 is 24.1 Å². The minimum Gasteiger partial charge on any atom is -0.477 e. The van der Waals surface area contributed by atoms with Gasteiger partial charge in [-0.3, -0.25) is 4.79 Å². The fraction of sp³-hybridized carbons (Fsp3) is 0.720. The number of aliphatic carboxylic acids is 1. The van der Waals surface area contributed by atoms with Gasteiger partial charge in [-0.1, -0.05) is 33.4 Å². The Bertz CT molecular complexity index is 849. The van der Waals surface area contributed by atoms with Gasteiger partial charge in [0.1, 0.15) is 12.3 Å². The number of hydrogen-bond donors (Lipinski definition) is 1. The lowest BCUT2D eigenvalue weighted by molar-refractivity contribution is -0.162. The van der Waals surface area contributed by atoms with Gasteiger partial charge in [0.15, 0.2) is 9.04 Å². The average molecular weight is 493 g/mol. The second kappa shape index (κ2) is 10.6. The summed E-state index contributed by atoms with van der Waals surface area (Å²) in [5.74, 6) is -0.964. The zero-order valence-corrected chi connectivity index (χ0v) is 22.4. The van der Waals surface area contributed by atoms with Crippen LogP contribution in [0.15, 0.2) is 23.9 Å². The Morgan fingerprint density at radius 1 is 1.32 bits per heavy atom. The maximum absolute atomic E-state index is 13.2. The molecule has 0 aromatic heterocycles. The van der Waals surface area contributed by atoms with E-state index in [1.165, 1.54) is 4.90 Å². The lowest BCUT2D eigenvalue weighted by Gasteiger charge is -2.50. The number of β-lactam (4-membered cyclic amide) rings is 1. The normalized spacial score (nSPS) is 25.5. The van der Waals surface area contributed by atoms with Crippen molar-refractivity contribution in [1.29, 1.82) is 0 Å². The molecule has 0 bridgehead atoms. The van der Waals surface area contributed by atoms with Crippen molar-refractivity contribution in [3.8, 4) is 0 Å². The van der Waals surface area contributed by atoms with E-state index in [1.807, 2.05) is 0 Å². The summed E-state index contributed by atoms with van der Waals surface area (Å²) >= 11 is 0. The molecule has 3 rings (SSSR count). The Balaban J connectivity index is 1.65. The smallest absolute Gasteiger partial charge is 0.410 e. The number of amides is 2. The van der Waals surface area contributed by atoms with Crippen LogP contribution in [0.5, 0.6) is 0 Å². The van der Waals surface area contributed by atoms with Crippen LogP contribution in [0.25, 0.3) is 0 Å². The van der Waals surface area contributed by atoms with Crippen LogP contribution >= 0.6 is 0 Å². The number of rotatable bonds is 10. The molecule has 3 heterocycles. The molecule has 0 aromatic carbocycles. The maximum atomic E-state index is 13.2. The molecule has 2 saturated heterocycles. The van der Waals surface area contributed by atoms with Gasteiger partial charge in [-0.15, -0.1) is 0 Å². The highest BCUT2D eigenvalue weighted by atomic mass is 28.3. The summed E-state index contributed by atoms with van der Waals surface area (Å²) in [7, 11) is -1.23. The third-order valence-electron chi connectivity index (χ3n) is 7.38. The van der Waals surface area contributed by atoms with Crippen molar-refractivity contribution in [3.05, 3.63) is 23.9 Å². The SMILES string of the molecule is C=CCOC(=O)N1CCC(CCC2=C(C(=O)O)N3C(=O)[C@@H]([C@@H](CO[SiH](C)C)C(C)(C)C)[C@H]3C2)C1. The van der Waals surface area contributed by atoms with Crippen LogP contribution < -0.4 is 0 Å². The molecule has 0 spiro atoms. The Kier molecular flexibility index (Phi) is 8.29. The number of nitrogens with zero attached hydrogens (tertiary/aromatic N) is 2. The molecule has 2 amide bonds. The zero-order chi connectivity index (χ0) is 25.2. The average Bonchev–Trinajstić information content (AvgIpc) is 3.35. The first-order valence-electron chi connectivity index (χ1n) is 12.4. The number of carboxylic acid groups (broad SMARTS) is 1. The minimum atomic E-state index is -1.23. The van der Waals surface area contributed by atoms with E-state index in [-0.39, 0.29) is 47.6 Å². The molecule has 190 valence electrons. The molecular formula is C25H40N2O6Si. The molecule has 1 unspecified atom stereocenters. The van der Waals surface area contributed by atoms with Crippen molar-refractivity contribution >= 4 is 27.0 Å². The first kappa shape index (κ1) is 26.5. The second-order valence-electron chi connectivity index (χ2n) is 11.1. The molecule has 9 heteroatoms. The van der Waals surface area contributed by atoms with Gasteiger partial charge >= 0.3 is 12.1 Å². The van der Waals surface area contributed by atoms with E-state index < -0.39 is 15.0 Å². The zero-order valence-electron chi connectivity index (χ0n) is 21.2. The molecule has 3 aliphatic rings. The van der Waals surface area contributed by atoms with Crippen molar-refractivity contribution in [3.63, 3.8) is 0 Å². The summed E-state index contributed by atoms with van der Waals surface area (Å²) < 4.78 is 11.2. The quantitative estimate of drug-likeness (QED) is 0.284. The van der Waals surface area contributed by atoms with E-state index in [1.54, 1.807) is 11.0 Å². The molecule has 2 fully saturated rings. The van der Waals surface area contributed by atoms with Gasteiger partial charge in [0.25, 0.3) is 0 Å². The highest BCUT2D eigenvalue weighted by molar-refractivity contribution is 6.48.